The smallest absolute Gasteiger partial charge is 0.192 e. The summed E-state index contributed by atoms with van der Waals surface area (Å²) in [6.45, 7) is 0. The van der Waals surface area contributed by atoms with Crippen LogP contribution in [0.3, 0.4) is 0 Å². The maximum absolute atomic E-state index is 13.9. The third-order valence-corrected chi connectivity index (χ3v) is 7.21. The lowest BCUT2D eigenvalue weighted by atomic mass is 9.79. The minimum absolute atomic E-state index is 0.0187. The molecule has 2 nitrogen and oxygen atoms in total. The van der Waals surface area contributed by atoms with Crippen molar-refractivity contribution in [3.05, 3.63) is 130 Å². The summed E-state index contributed by atoms with van der Waals surface area (Å²) >= 11 is 0. The maximum atomic E-state index is 13.9. The van der Waals surface area contributed by atoms with Crippen LogP contribution in [0.15, 0.2) is 102 Å². The standard InChI is InChI=1S/C31H17F3N2/c32-31(33,34)24-15-14-23-28-21(24)12-7-13-22(28)29-25(18-8-3-1-4-9-18)27(20(16-35)17-36)26(30(23)29)19-10-5-2-6-11-19/h1-15,26,30H. The molecule has 0 fully saturated rings. The van der Waals surface area contributed by atoms with Crippen molar-refractivity contribution >= 4 is 21.9 Å². The molecule has 5 heteroatoms. The second-order valence-electron chi connectivity index (χ2n) is 8.96. The van der Waals surface area contributed by atoms with Crippen molar-refractivity contribution in [1.82, 2.24) is 0 Å². The van der Waals surface area contributed by atoms with E-state index in [4.69, 9.17) is 0 Å². The molecule has 4 aromatic carbocycles. The minimum atomic E-state index is -4.48. The zero-order valence-electron chi connectivity index (χ0n) is 18.8. The van der Waals surface area contributed by atoms with Gasteiger partial charge < -0.3 is 0 Å². The van der Waals surface area contributed by atoms with E-state index in [-0.39, 0.29) is 16.9 Å². The van der Waals surface area contributed by atoms with Gasteiger partial charge in [0, 0.05) is 11.8 Å². The Morgan fingerprint density at radius 1 is 0.722 bits per heavy atom. The van der Waals surface area contributed by atoms with Gasteiger partial charge in [0.25, 0.3) is 0 Å². The second kappa shape index (κ2) is 7.97. The van der Waals surface area contributed by atoms with E-state index in [1.54, 1.807) is 12.1 Å². The van der Waals surface area contributed by atoms with Gasteiger partial charge in [-0.3, -0.25) is 0 Å². The molecule has 4 aromatic rings. The molecule has 2 atom stereocenters. The topological polar surface area (TPSA) is 47.6 Å². The van der Waals surface area contributed by atoms with Gasteiger partial charge in [-0.25, -0.2) is 0 Å². The molecule has 0 amide bonds. The van der Waals surface area contributed by atoms with Crippen molar-refractivity contribution < 1.29 is 13.2 Å². The Morgan fingerprint density at radius 2 is 1.39 bits per heavy atom. The summed E-state index contributed by atoms with van der Waals surface area (Å²) in [5, 5.41) is 20.7. The molecule has 172 valence electrons. The highest BCUT2D eigenvalue weighted by Crippen LogP contribution is 2.65. The van der Waals surface area contributed by atoms with E-state index >= 15 is 0 Å². The van der Waals surface area contributed by atoms with Gasteiger partial charge in [0.1, 0.15) is 17.7 Å². The highest BCUT2D eigenvalue weighted by Gasteiger charge is 2.48. The number of allylic oxidation sites excluding steroid dienone is 4. The fraction of sp³-hybridized carbons (Fsp3) is 0.0968. The van der Waals surface area contributed by atoms with E-state index in [0.29, 0.717) is 11.0 Å². The molecule has 0 bridgehead atoms. The normalized spacial score (nSPS) is 18.2. The van der Waals surface area contributed by atoms with Crippen LogP contribution in [0, 0.1) is 22.7 Å². The molecule has 0 saturated heterocycles. The number of nitriles is 2. The summed E-state index contributed by atoms with van der Waals surface area (Å²) in [6, 6.07) is 31.0. The summed E-state index contributed by atoms with van der Waals surface area (Å²) in [5.74, 6) is -0.713. The van der Waals surface area contributed by atoms with E-state index in [2.05, 4.69) is 12.1 Å². The van der Waals surface area contributed by atoms with Crippen molar-refractivity contribution in [2.24, 2.45) is 0 Å². The van der Waals surface area contributed by atoms with Gasteiger partial charge in [0.15, 0.2) is 0 Å². The van der Waals surface area contributed by atoms with Crippen LogP contribution in [0.4, 0.5) is 13.2 Å². The van der Waals surface area contributed by atoms with Gasteiger partial charge in [-0.05, 0) is 55.8 Å². The van der Waals surface area contributed by atoms with Crippen LogP contribution >= 0.6 is 0 Å². The first kappa shape index (κ1) is 21.9. The molecule has 0 saturated carbocycles. The van der Waals surface area contributed by atoms with E-state index < -0.39 is 17.7 Å². The van der Waals surface area contributed by atoms with Crippen LogP contribution < -0.4 is 0 Å². The molecular formula is C31H17F3N2. The number of rotatable bonds is 2. The van der Waals surface area contributed by atoms with Crippen molar-refractivity contribution in [1.29, 1.82) is 10.5 Å². The SMILES string of the molecule is N#CC(C#N)=C1C(c2ccccc2)=C2c3cccc4c(C(F)(F)F)ccc(c34)C2C1c1ccccc1. The fourth-order valence-electron chi connectivity index (χ4n) is 5.95. The summed E-state index contributed by atoms with van der Waals surface area (Å²) in [5.41, 5.74) is 4.86. The van der Waals surface area contributed by atoms with E-state index in [1.165, 1.54) is 6.07 Å². The number of halogens is 3. The molecule has 0 N–H and O–H groups in total. The van der Waals surface area contributed by atoms with Crippen LogP contribution in [-0.4, -0.2) is 0 Å². The molecule has 6 rings (SSSR count). The van der Waals surface area contributed by atoms with Gasteiger partial charge >= 0.3 is 6.18 Å². The number of nitrogens with zero attached hydrogens (tertiary/aromatic N) is 2. The number of alkyl halides is 3. The Balaban J connectivity index is 1.79. The Labute approximate surface area is 205 Å². The molecular weight excluding hydrogens is 457 g/mol. The largest absolute Gasteiger partial charge is 0.417 e. The average Bonchev–Trinajstić information content (AvgIpc) is 3.40. The third-order valence-electron chi connectivity index (χ3n) is 7.21. The summed E-state index contributed by atoms with van der Waals surface area (Å²) < 4.78 is 41.8. The van der Waals surface area contributed by atoms with Gasteiger partial charge in [0.05, 0.1) is 5.56 Å². The molecule has 0 heterocycles. The monoisotopic (exact) mass is 474 g/mol. The molecule has 2 unspecified atom stereocenters. The molecule has 0 spiro atoms. The highest BCUT2D eigenvalue weighted by molar-refractivity contribution is 6.16. The first-order valence-corrected chi connectivity index (χ1v) is 11.5. The van der Waals surface area contributed by atoms with E-state index in [0.717, 1.165) is 39.5 Å². The van der Waals surface area contributed by atoms with Crippen molar-refractivity contribution in [3.63, 3.8) is 0 Å². The summed E-state index contributed by atoms with van der Waals surface area (Å²) in [7, 11) is 0. The molecule has 36 heavy (non-hydrogen) atoms. The van der Waals surface area contributed by atoms with E-state index in [1.807, 2.05) is 66.7 Å². The maximum Gasteiger partial charge on any atom is 0.417 e. The zero-order valence-corrected chi connectivity index (χ0v) is 18.8. The lowest BCUT2D eigenvalue weighted by Gasteiger charge is -2.23. The quantitative estimate of drug-likeness (QED) is 0.276. The van der Waals surface area contributed by atoms with Gasteiger partial charge in [-0.15, -0.1) is 0 Å². The molecule has 2 aliphatic rings. The Morgan fingerprint density at radius 3 is 2.03 bits per heavy atom. The number of benzene rings is 4. The fourth-order valence-corrected chi connectivity index (χ4v) is 5.95. The van der Waals surface area contributed by atoms with Gasteiger partial charge in [0.2, 0.25) is 0 Å². The minimum Gasteiger partial charge on any atom is -0.192 e. The number of fused-ring (bicyclic) bond motifs is 3. The molecule has 0 aromatic heterocycles. The Bertz CT molecular complexity index is 1670. The average molecular weight is 474 g/mol. The molecule has 0 aliphatic heterocycles. The number of hydrogen-bond acceptors (Lipinski definition) is 2. The third kappa shape index (κ3) is 3.03. The van der Waals surface area contributed by atoms with Crippen molar-refractivity contribution in [2.75, 3.05) is 0 Å². The van der Waals surface area contributed by atoms with E-state index in [9.17, 15) is 23.7 Å². The highest BCUT2D eigenvalue weighted by atomic mass is 19.4. The molecule has 2 aliphatic carbocycles. The first-order valence-electron chi connectivity index (χ1n) is 11.5. The van der Waals surface area contributed by atoms with Crippen LogP contribution in [0.5, 0.6) is 0 Å². The zero-order chi connectivity index (χ0) is 25.0. The predicted molar refractivity (Wildman–Crippen MR) is 132 cm³/mol. The summed E-state index contributed by atoms with van der Waals surface area (Å²) in [6.07, 6.45) is -4.48. The predicted octanol–water partition coefficient (Wildman–Crippen LogP) is 8.01. The van der Waals surface area contributed by atoms with Crippen molar-refractivity contribution in [2.45, 2.75) is 18.0 Å². The summed E-state index contributed by atoms with van der Waals surface area (Å²) in [4.78, 5) is 0. The Hall–Kier alpha value is -4.61. The Kier molecular flexibility index (Phi) is 4.85. The first-order chi connectivity index (χ1) is 17.5. The van der Waals surface area contributed by atoms with Gasteiger partial charge in [-0.1, -0.05) is 84.9 Å². The van der Waals surface area contributed by atoms with Crippen LogP contribution in [0.25, 0.3) is 21.9 Å². The lowest BCUT2D eigenvalue weighted by molar-refractivity contribution is -0.136. The molecule has 0 radical (unpaired) electrons. The number of hydrogen-bond donors (Lipinski definition) is 0. The van der Waals surface area contributed by atoms with Crippen LogP contribution in [0.1, 0.15) is 39.7 Å². The lowest BCUT2D eigenvalue weighted by Crippen LogP contribution is -2.10. The second-order valence-corrected chi connectivity index (χ2v) is 8.96. The van der Waals surface area contributed by atoms with Crippen molar-refractivity contribution in [3.8, 4) is 12.1 Å². The van der Waals surface area contributed by atoms with Crippen LogP contribution in [0.2, 0.25) is 0 Å². The van der Waals surface area contributed by atoms with Gasteiger partial charge in [-0.2, -0.15) is 23.7 Å². The van der Waals surface area contributed by atoms with Crippen LogP contribution in [-0.2, 0) is 6.18 Å².